The quantitative estimate of drug-likeness (QED) is 0.0208. The van der Waals surface area contributed by atoms with Crippen LogP contribution in [0.5, 0.6) is 0 Å². The largest absolute Gasteiger partial charge is 0.388 e. The molecule has 0 saturated carbocycles. The van der Waals surface area contributed by atoms with Crippen LogP contribution in [0, 0.1) is 57.7 Å². The molecule has 0 aliphatic rings. The number of aliphatic hydroxyl groups excluding tert-OH is 2. The zero-order valence-electron chi connectivity index (χ0n) is 28.7. The molecule has 0 aromatic rings. The summed E-state index contributed by atoms with van der Waals surface area (Å²) >= 11 is 0. The number of hydrogen-bond donors (Lipinski definition) is 7. The van der Waals surface area contributed by atoms with E-state index in [1.165, 1.54) is 13.8 Å². The Labute approximate surface area is 338 Å². The van der Waals surface area contributed by atoms with Crippen molar-refractivity contribution in [2.24, 2.45) is 23.3 Å². The first-order valence-corrected chi connectivity index (χ1v) is 13.8. The van der Waals surface area contributed by atoms with Gasteiger partial charge >= 0.3 is 0 Å². The average molecular weight is 892 g/mol. The number of carbonyl (C=O) groups is 2. The molecular weight excluding hydrogens is 840 g/mol. The van der Waals surface area contributed by atoms with Crippen molar-refractivity contribution in [2.75, 3.05) is 46.6 Å². The van der Waals surface area contributed by atoms with Gasteiger partial charge < -0.3 is 51.2 Å². The Kier molecular flexibility index (Phi) is 70.4. The number of ether oxygens (including phenoxy) is 2. The number of amidine groups is 1. The molecule has 0 bridgehead atoms. The van der Waals surface area contributed by atoms with Crippen LogP contribution in [0.4, 0.5) is 0 Å². The van der Waals surface area contributed by atoms with E-state index in [-0.39, 0.29) is 96.4 Å². The normalized spacial score (nSPS) is 9.82. The van der Waals surface area contributed by atoms with Crippen LogP contribution in [0.2, 0.25) is 0 Å². The van der Waals surface area contributed by atoms with Gasteiger partial charge in [0.05, 0.1) is 19.0 Å². The minimum Gasteiger partial charge on any atom is -0.388 e. The monoisotopic (exact) mass is 891 g/mol. The number of Topliss-reactive ketones (excluding diaryl/α,β-unsaturated/α-hetero) is 2. The van der Waals surface area contributed by atoms with Crippen LogP contribution in [-0.4, -0.2) is 105 Å². The molecule has 27 heteroatoms. The third kappa shape index (κ3) is 119. The van der Waals surface area contributed by atoms with Crippen molar-refractivity contribution in [3.05, 3.63) is 40.5 Å². The van der Waals surface area contributed by atoms with Crippen molar-refractivity contribution < 1.29 is 135 Å². The third-order valence-electron chi connectivity index (χ3n) is 4.28. The van der Waals surface area contributed by atoms with E-state index in [9.17, 15) is 29.8 Å². The van der Waals surface area contributed by atoms with Crippen LogP contribution in [0.15, 0.2) is 0 Å². The summed E-state index contributed by atoms with van der Waals surface area (Å²) in [6, 6.07) is 0. The van der Waals surface area contributed by atoms with Gasteiger partial charge in [0.2, 0.25) is 0 Å². The summed E-state index contributed by atoms with van der Waals surface area (Å²) in [5.74, 6) is 0.551. The first kappa shape index (κ1) is 65.9. The second-order valence-corrected chi connectivity index (χ2v) is 9.14. The molecule has 0 aromatic carbocycles. The van der Waals surface area contributed by atoms with E-state index in [1.807, 2.05) is 0 Å². The number of carbonyl (C=O) groups excluding carboxylic acids is 2. The number of aliphatic hydroxyl groups is 2. The molecule has 0 fully saturated rings. The van der Waals surface area contributed by atoms with E-state index in [0.717, 1.165) is 45.1 Å². The fourth-order valence-corrected chi connectivity index (χ4v) is 2.41. The Bertz CT molecular complexity index is 775. The molecule has 9 N–H and O–H groups in total. The molecule has 25 nitrogen and oxygen atoms in total. The summed E-state index contributed by atoms with van der Waals surface area (Å²) in [5.41, 5.74) is 10.6. The number of hydrogen-bond acceptors (Lipinski definition) is 18. The first-order chi connectivity index (χ1) is 22.2. The van der Waals surface area contributed by atoms with Crippen molar-refractivity contribution in [2.45, 2.75) is 72.6 Å². The molecule has 2 atom stereocenters. The molecule has 2 radical (unpaired) electrons. The van der Waals surface area contributed by atoms with E-state index in [4.69, 9.17) is 67.2 Å². The molecule has 0 heterocycles. The van der Waals surface area contributed by atoms with Gasteiger partial charge in [-0.2, -0.15) is 0 Å². The number of unbranched alkanes of at least 4 members (excludes halogenated alkanes) is 2. The fourth-order valence-electron chi connectivity index (χ4n) is 2.41. The van der Waals surface area contributed by atoms with Gasteiger partial charge in [-0.1, -0.05) is 26.7 Å². The number of rotatable bonds is 21. The van der Waals surface area contributed by atoms with Gasteiger partial charge in [0.25, 0.3) is 20.3 Å². The van der Waals surface area contributed by atoms with Crippen LogP contribution >= 0.6 is 0 Å². The predicted molar refractivity (Wildman–Crippen MR) is 163 cm³/mol. The van der Waals surface area contributed by atoms with Crippen molar-refractivity contribution in [3.63, 3.8) is 0 Å². The first-order valence-electron chi connectivity index (χ1n) is 13.8. The minimum atomic E-state index is -1.50. The maximum Gasteiger partial charge on any atom is 0.294 e. The van der Waals surface area contributed by atoms with Gasteiger partial charge in [0.15, 0.2) is 24.8 Å². The van der Waals surface area contributed by atoms with E-state index in [2.05, 4.69) is 23.5 Å². The van der Waals surface area contributed by atoms with E-state index >= 15 is 0 Å². The summed E-state index contributed by atoms with van der Waals surface area (Å²) in [6.07, 6.45) is 7.17. The topological polar surface area (TPSA) is 400 Å². The molecule has 0 aromatic heterocycles. The SMILES string of the molecule is CC(=O)CO[N+](=O)[O-].CC(=O)CO[N+](=O)[O-].CC(CCCCC(=N)N)COCO.CC(CCCCN)COCO.O=[N+]([O-])O.O=[N+]([O-])O.[Y].[Y]. The van der Waals surface area contributed by atoms with E-state index in [1.54, 1.807) is 0 Å². The maximum absolute atomic E-state index is 9.92. The zero-order chi connectivity index (χ0) is 38.9. The molecule has 292 valence electrons. The molecular formula is C23H51N7O18Y2. The van der Waals surface area contributed by atoms with E-state index in [0.29, 0.717) is 31.5 Å². The number of nitrogens with zero attached hydrogens (tertiary/aromatic N) is 4. The van der Waals surface area contributed by atoms with Gasteiger partial charge in [-0.25, -0.2) is 0 Å². The Morgan fingerprint density at radius 2 is 1.02 bits per heavy atom. The Hall–Kier alpha value is -2.38. The Morgan fingerprint density at radius 1 is 0.720 bits per heavy atom. The van der Waals surface area contributed by atoms with Crippen molar-refractivity contribution in [1.29, 1.82) is 5.41 Å². The van der Waals surface area contributed by atoms with Gasteiger partial charge in [0, 0.05) is 71.8 Å². The van der Waals surface area contributed by atoms with Crippen LogP contribution in [0.3, 0.4) is 0 Å². The molecule has 0 aliphatic heterocycles. The summed E-state index contributed by atoms with van der Waals surface area (Å²) in [5, 5.41) is 67.7. The molecule has 50 heavy (non-hydrogen) atoms. The Morgan fingerprint density at radius 3 is 1.22 bits per heavy atom. The Balaban J connectivity index is -0.0000000731. The van der Waals surface area contributed by atoms with Crippen LogP contribution in [0.25, 0.3) is 0 Å². The van der Waals surface area contributed by atoms with E-state index < -0.39 is 33.6 Å². The summed E-state index contributed by atoms with van der Waals surface area (Å²) in [4.78, 5) is 62.6. The van der Waals surface area contributed by atoms with Crippen molar-refractivity contribution in [1.82, 2.24) is 0 Å². The molecule has 0 saturated heterocycles. The maximum atomic E-state index is 9.92. The standard InChI is InChI=1S/C9H20N2O2.C8H19NO2.2C3H5NO4.2HNO3.2Y/c1-8(6-13-7-12)4-2-3-5-9(10)11;1-8(6-11-7-10)4-2-3-5-9;2*1-3(5)2-8-4(6)7;2*2-1(3)4;;/h8,12H,2-7H2,1H3,(H3,10,11);8,10H,2-7,9H2,1H3;2*2H2,1H3;2*(H,2,3,4);;. The van der Waals surface area contributed by atoms with Gasteiger partial charge in [-0.05, 0) is 57.9 Å². The number of ketones is 2. The van der Waals surface area contributed by atoms with Gasteiger partial charge in [0.1, 0.15) is 13.6 Å². The van der Waals surface area contributed by atoms with Crippen LogP contribution in [-0.2, 0) is 94.2 Å². The molecule has 2 unspecified atom stereocenters. The third-order valence-corrected chi connectivity index (χ3v) is 4.28. The second-order valence-electron chi connectivity index (χ2n) is 9.14. The number of nitrogens with two attached hydrogens (primary N) is 2. The van der Waals surface area contributed by atoms with Gasteiger partial charge in [-0.15, -0.1) is 40.5 Å². The van der Waals surface area contributed by atoms with Gasteiger partial charge in [-0.3, -0.25) is 15.0 Å². The number of nitrogens with one attached hydrogen (secondary N) is 1. The summed E-state index contributed by atoms with van der Waals surface area (Å²) in [6.45, 7) is 7.40. The van der Waals surface area contributed by atoms with Crippen LogP contribution < -0.4 is 11.5 Å². The molecule has 0 spiro atoms. The molecule has 0 rings (SSSR count). The average Bonchev–Trinajstić information content (AvgIpc) is 2.95. The second kappa shape index (κ2) is 53.4. The predicted octanol–water partition coefficient (Wildman–Crippen LogP) is 0.670. The molecule has 0 amide bonds. The zero-order valence-corrected chi connectivity index (χ0v) is 34.3. The summed E-state index contributed by atoms with van der Waals surface area (Å²) < 4.78 is 9.71. The fraction of sp³-hybridized carbons (Fsp3) is 0.870. The molecule has 0 aliphatic carbocycles. The summed E-state index contributed by atoms with van der Waals surface area (Å²) in [7, 11) is 0. The van der Waals surface area contributed by atoms with Crippen molar-refractivity contribution >= 4 is 17.4 Å². The minimum absolute atomic E-state index is 0. The van der Waals surface area contributed by atoms with Crippen molar-refractivity contribution in [3.8, 4) is 0 Å². The smallest absolute Gasteiger partial charge is 0.294 e. The van der Waals surface area contributed by atoms with Crippen LogP contribution in [0.1, 0.15) is 72.6 Å².